The van der Waals surface area contributed by atoms with Crippen molar-refractivity contribution in [3.05, 3.63) is 77.9 Å². The molecule has 1 N–H and O–H groups in total. The monoisotopic (exact) mass is 401 g/mol. The van der Waals surface area contributed by atoms with Gasteiger partial charge in [0.2, 0.25) is 10.0 Å². The molecule has 2 aromatic rings. The quantitative estimate of drug-likeness (QED) is 0.554. The first-order valence-corrected chi connectivity index (χ1v) is 10.5. The van der Waals surface area contributed by atoms with Gasteiger partial charge in [0.05, 0.1) is 10.9 Å². The number of esters is 1. The largest absolute Gasteiger partial charge is 0.457 e. The zero-order valence-electron chi connectivity index (χ0n) is 16.7. The van der Waals surface area contributed by atoms with E-state index in [9.17, 15) is 13.2 Å². The van der Waals surface area contributed by atoms with Gasteiger partial charge in [-0.2, -0.15) is 0 Å². The second-order valence-electron chi connectivity index (χ2n) is 7.71. The Hall–Kier alpha value is -2.44. The van der Waals surface area contributed by atoms with Gasteiger partial charge in [-0.1, -0.05) is 54.6 Å². The molecule has 2 rings (SSSR count). The van der Waals surface area contributed by atoms with Gasteiger partial charge in [0.25, 0.3) is 0 Å². The minimum absolute atomic E-state index is 0.101. The highest BCUT2D eigenvalue weighted by atomic mass is 32.2. The van der Waals surface area contributed by atoms with Crippen molar-refractivity contribution >= 4 is 16.0 Å². The molecule has 0 aromatic heterocycles. The van der Waals surface area contributed by atoms with Crippen LogP contribution >= 0.6 is 0 Å². The smallest absolute Gasteiger partial charge is 0.333 e. The van der Waals surface area contributed by atoms with E-state index in [2.05, 4.69) is 11.3 Å². The van der Waals surface area contributed by atoms with Crippen molar-refractivity contribution < 1.29 is 17.9 Å². The number of hydrogen-bond donors (Lipinski definition) is 1. The third-order valence-corrected chi connectivity index (χ3v) is 5.46. The van der Waals surface area contributed by atoms with Crippen LogP contribution in [0, 0.1) is 6.92 Å². The molecule has 1 atom stereocenters. The molecule has 0 aliphatic heterocycles. The summed E-state index contributed by atoms with van der Waals surface area (Å²) in [6.45, 7) is 11.0. The van der Waals surface area contributed by atoms with Crippen LogP contribution in [0.5, 0.6) is 0 Å². The first-order chi connectivity index (χ1) is 13.0. The summed E-state index contributed by atoms with van der Waals surface area (Å²) in [6.07, 6.45) is 0.101. The first kappa shape index (κ1) is 21.9. The number of rotatable bonds is 7. The lowest BCUT2D eigenvalue weighted by Gasteiger charge is -2.23. The maximum Gasteiger partial charge on any atom is 0.333 e. The lowest BCUT2D eigenvalue weighted by molar-refractivity contribution is -0.150. The molecule has 0 unspecified atom stereocenters. The van der Waals surface area contributed by atoms with Crippen LogP contribution in [0.3, 0.4) is 0 Å². The second-order valence-corrected chi connectivity index (χ2v) is 9.42. The number of ether oxygens (including phenoxy) is 1. The van der Waals surface area contributed by atoms with E-state index in [1.165, 1.54) is 0 Å². The lowest BCUT2D eigenvalue weighted by atomic mass is 10.0. The van der Waals surface area contributed by atoms with Crippen LogP contribution in [-0.4, -0.2) is 20.0 Å². The minimum atomic E-state index is -3.77. The maximum absolute atomic E-state index is 12.9. The highest BCUT2D eigenvalue weighted by Gasteiger charge is 2.26. The fourth-order valence-corrected chi connectivity index (χ4v) is 3.79. The van der Waals surface area contributed by atoms with Crippen LogP contribution in [0.4, 0.5) is 0 Å². The molecule has 0 aliphatic carbocycles. The second kappa shape index (κ2) is 8.71. The van der Waals surface area contributed by atoms with Crippen LogP contribution in [0.1, 0.15) is 44.4 Å². The van der Waals surface area contributed by atoms with Gasteiger partial charge in [-0.3, -0.25) is 0 Å². The summed E-state index contributed by atoms with van der Waals surface area (Å²) >= 11 is 0. The molecule has 0 heterocycles. The zero-order valence-corrected chi connectivity index (χ0v) is 17.5. The number of aryl methyl sites for hydroxylation is 1. The summed E-state index contributed by atoms with van der Waals surface area (Å²) in [6, 6.07) is 15.1. The molecule has 0 saturated heterocycles. The highest BCUT2D eigenvalue weighted by molar-refractivity contribution is 7.89. The van der Waals surface area contributed by atoms with Gasteiger partial charge < -0.3 is 4.74 Å². The minimum Gasteiger partial charge on any atom is -0.457 e. The Labute approximate surface area is 167 Å². The van der Waals surface area contributed by atoms with E-state index in [-0.39, 0.29) is 16.9 Å². The molecule has 0 spiro atoms. The molecule has 0 aliphatic rings. The predicted octanol–water partition coefficient (Wildman–Crippen LogP) is 4.30. The highest BCUT2D eigenvalue weighted by Crippen LogP contribution is 2.25. The van der Waals surface area contributed by atoms with E-state index >= 15 is 0 Å². The average Bonchev–Trinajstić information content (AvgIpc) is 2.60. The van der Waals surface area contributed by atoms with E-state index < -0.39 is 27.6 Å². The third-order valence-electron chi connectivity index (χ3n) is 3.97. The molecule has 0 saturated carbocycles. The van der Waals surface area contributed by atoms with Crippen LogP contribution in [0.15, 0.2) is 71.6 Å². The van der Waals surface area contributed by atoms with Crippen molar-refractivity contribution in [3.8, 4) is 0 Å². The molecule has 5 nitrogen and oxygen atoms in total. The Morgan fingerprint density at radius 3 is 2.18 bits per heavy atom. The fraction of sp³-hybridized carbons (Fsp3) is 0.318. The molecular formula is C22H27NO4S. The fourth-order valence-electron chi connectivity index (χ4n) is 2.57. The summed E-state index contributed by atoms with van der Waals surface area (Å²) in [5, 5.41) is 0. The maximum atomic E-state index is 12.9. The lowest BCUT2D eigenvalue weighted by Crippen LogP contribution is -2.31. The predicted molar refractivity (Wildman–Crippen MR) is 110 cm³/mol. The van der Waals surface area contributed by atoms with Crippen molar-refractivity contribution in [1.29, 1.82) is 0 Å². The summed E-state index contributed by atoms with van der Waals surface area (Å²) < 4.78 is 33.7. The molecule has 28 heavy (non-hydrogen) atoms. The van der Waals surface area contributed by atoms with E-state index in [1.807, 2.05) is 37.3 Å². The molecule has 150 valence electrons. The third kappa shape index (κ3) is 6.32. The van der Waals surface area contributed by atoms with E-state index in [0.717, 1.165) is 11.1 Å². The Kier molecular flexibility index (Phi) is 6.80. The summed E-state index contributed by atoms with van der Waals surface area (Å²) in [7, 11) is -3.77. The van der Waals surface area contributed by atoms with Crippen molar-refractivity contribution in [2.75, 3.05) is 0 Å². The molecule has 2 aromatic carbocycles. The molecule has 0 fully saturated rings. The van der Waals surface area contributed by atoms with Crippen LogP contribution in [-0.2, 0) is 19.6 Å². The Bertz CT molecular complexity index is 927. The number of hydrogen-bond acceptors (Lipinski definition) is 4. The van der Waals surface area contributed by atoms with Crippen molar-refractivity contribution in [2.24, 2.45) is 0 Å². The average molecular weight is 402 g/mol. The van der Waals surface area contributed by atoms with E-state index in [1.54, 1.807) is 45.0 Å². The Morgan fingerprint density at radius 1 is 1.07 bits per heavy atom. The van der Waals surface area contributed by atoms with Crippen molar-refractivity contribution in [3.63, 3.8) is 0 Å². The van der Waals surface area contributed by atoms with Crippen molar-refractivity contribution in [2.45, 2.75) is 50.7 Å². The van der Waals surface area contributed by atoms with Crippen LogP contribution < -0.4 is 4.72 Å². The number of nitrogens with one attached hydrogen (secondary N) is 1. The van der Waals surface area contributed by atoms with E-state index in [0.29, 0.717) is 0 Å². The first-order valence-electron chi connectivity index (χ1n) is 9.03. The van der Waals surface area contributed by atoms with Gasteiger partial charge in [-0.05, 0) is 51.8 Å². The molecule has 0 bridgehead atoms. The van der Waals surface area contributed by atoms with Gasteiger partial charge in [0, 0.05) is 5.57 Å². The van der Waals surface area contributed by atoms with E-state index in [4.69, 9.17) is 4.74 Å². The molecule has 0 amide bonds. The van der Waals surface area contributed by atoms with Gasteiger partial charge >= 0.3 is 5.97 Å². The molecule has 0 radical (unpaired) electrons. The van der Waals surface area contributed by atoms with Gasteiger partial charge in [-0.15, -0.1) is 0 Å². The molecule has 6 heteroatoms. The number of sulfonamides is 1. The summed E-state index contributed by atoms with van der Waals surface area (Å²) in [5.74, 6) is -0.539. The van der Waals surface area contributed by atoms with Gasteiger partial charge in [0.1, 0.15) is 5.60 Å². The number of benzene rings is 2. The van der Waals surface area contributed by atoms with Crippen molar-refractivity contribution in [1.82, 2.24) is 4.72 Å². The summed E-state index contributed by atoms with van der Waals surface area (Å²) in [4.78, 5) is 12.5. The van der Waals surface area contributed by atoms with Crippen LogP contribution in [0.25, 0.3) is 0 Å². The topological polar surface area (TPSA) is 72.5 Å². The Morgan fingerprint density at radius 2 is 1.64 bits per heavy atom. The Balaban J connectivity index is 2.27. The normalized spacial score (nSPS) is 13.0. The zero-order chi connectivity index (χ0) is 20.9. The number of carbonyl (C=O) groups excluding carboxylic acids is 1. The molecular weight excluding hydrogens is 374 g/mol. The van der Waals surface area contributed by atoms with Gasteiger partial charge in [-0.25, -0.2) is 17.9 Å². The SMILES string of the molecule is C=C(C[C@H](NS(=O)(=O)c1ccc(C)cc1)c1ccccc1)C(=O)OC(C)(C)C. The van der Waals surface area contributed by atoms with Gasteiger partial charge in [0.15, 0.2) is 0 Å². The number of carbonyl (C=O) groups is 1. The standard InChI is InChI=1S/C22H27NO4S/c1-16-11-13-19(14-12-16)28(25,26)23-20(18-9-7-6-8-10-18)15-17(2)21(24)27-22(3,4)5/h6-14,20,23H,2,15H2,1,3-5H3/t20-/m0/s1. The van der Waals surface area contributed by atoms with Crippen LogP contribution in [0.2, 0.25) is 0 Å². The summed E-state index contributed by atoms with van der Waals surface area (Å²) in [5.41, 5.74) is 1.26.